The first-order valence-corrected chi connectivity index (χ1v) is 5.54. The zero-order valence-electron chi connectivity index (χ0n) is 9.11. The Labute approximate surface area is 90.6 Å². The van der Waals surface area contributed by atoms with Gasteiger partial charge in [0.25, 0.3) is 6.47 Å². The van der Waals surface area contributed by atoms with Crippen LogP contribution in [0.3, 0.4) is 0 Å². The van der Waals surface area contributed by atoms with E-state index in [1.165, 1.54) is 0 Å². The summed E-state index contributed by atoms with van der Waals surface area (Å²) >= 11 is 0. The molecule has 0 bridgehead atoms. The van der Waals surface area contributed by atoms with Crippen molar-refractivity contribution in [3.63, 3.8) is 0 Å². The van der Waals surface area contributed by atoms with E-state index in [4.69, 9.17) is 5.11 Å². The van der Waals surface area contributed by atoms with E-state index in [0.717, 1.165) is 44.9 Å². The van der Waals surface area contributed by atoms with Crippen LogP contribution in [0, 0.1) is 0 Å². The summed E-state index contributed by atoms with van der Waals surface area (Å²) in [5, 5.41) is 8.39. The molecule has 0 aromatic heterocycles. The third-order valence-corrected chi connectivity index (χ3v) is 2.22. The van der Waals surface area contributed by atoms with Crippen LogP contribution in [0.25, 0.3) is 0 Å². The minimum Gasteiger partial charge on any atom is -0.481 e. The first kappa shape index (κ1) is 13.9. The highest BCUT2D eigenvalue weighted by Crippen LogP contribution is 2.08. The number of ether oxygens (including phenoxy) is 1. The lowest BCUT2D eigenvalue weighted by molar-refractivity contribution is -0.137. The summed E-state index contributed by atoms with van der Waals surface area (Å²) in [6.07, 6.45) is 7.44. The fourth-order valence-corrected chi connectivity index (χ4v) is 1.39. The summed E-state index contributed by atoms with van der Waals surface area (Å²) in [5.41, 5.74) is 0. The van der Waals surface area contributed by atoms with Crippen LogP contribution in [0.15, 0.2) is 0 Å². The molecule has 4 heteroatoms. The van der Waals surface area contributed by atoms with Crippen molar-refractivity contribution >= 4 is 12.4 Å². The molecule has 0 fully saturated rings. The highest BCUT2D eigenvalue weighted by Gasteiger charge is 1.96. The Balaban J connectivity index is 2.92. The van der Waals surface area contributed by atoms with E-state index in [2.05, 4.69) is 4.74 Å². The van der Waals surface area contributed by atoms with Crippen molar-refractivity contribution < 1.29 is 19.4 Å². The number of aliphatic carboxylic acids is 1. The van der Waals surface area contributed by atoms with Crippen LogP contribution in [-0.2, 0) is 14.3 Å². The maximum atomic E-state index is 10.2. The van der Waals surface area contributed by atoms with Gasteiger partial charge in [-0.05, 0) is 12.8 Å². The number of rotatable bonds is 11. The normalized spacial score (nSPS) is 9.87. The van der Waals surface area contributed by atoms with Crippen molar-refractivity contribution in [2.45, 2.75) is 51.4 Å². The molecule has 0 aromatic carbocycles. The predicted octanol–water partition coefficient (Wildman–Crippen LogP) is 2.36. The van der Waals surface area contributed by atoms with Gasteiger partial charge in [0.05, 0.1) is 6.61 Å². The molecule has 0 rings (SSSR count). The quantitative estimate of drug-likeness (QED) is 0.425. The Hall–Kier alpha value is -1.06. The SMILES string of the molecule is O=COCCCCCCCCCC(=O)O. The van der Waals surface area contributed by atoms with Gasteiger partial charge in [-0.1, -0.05) is 32.1 Å². The Bertz CT molecular complexity index is 168. The molecule has 15 heavy (non-hydrogen) atoms. The molecule has 0 amide bonds. The average Bonchev–Trinajstić information content (AvgIpc) is 2.20. The van der Waals surface area contributed by atoms with E-state index >= 15 is 0 Å². The number of hydrogen-bond donors (Lipinski definition) is 1. The van der Waals surface area contributed by atoms with E-state index < -0.39 is 5.97 Å². The molecule has 0 saturated heterocycles. The number of unbranched alkanes of at least 4 members (excludes halogenated alkanes) is 6. The second-order valence-corrected chi connectivity index (χ2v) is 3.59. The van der Waals surface area contributed by atoms with E-state index in [1.807, 2.05) is 0 Å². The average molecular weight is 216 g/mol. The lowest BCUT2D eigenvalue weighted by atomic mass is 10.1. The minimum absolute atomic E-state index is 0.285. The molecule has 0 aliphatic rings. The lowest BCUT2D eigenvalue weighted by Gasteiger charge is -2.00. The molecule has 0 atom stereocenters. The highest BCUT2D eigenvalue weighted by atomic mass is 16.5. The Morgan fingerprint density at radius 3 is 2.07 bits per heavy atom. The third kappa shape index (κ3) is 12.9. The molecule has 0 aliphatic carbocycles. The fraction of sp³-hybridized carbons (Fsp3) is 0.818. The molecule has 0 aromatic rings. The zero-order chi connectivity index (χ0) is 11.4. The van der Waals surface area contributed by atoms with Crippen molar-refractivity contribution in [3.8, 4) is 0 Å². The Morgan fingerprint density at radius 2 is 1.53 bits per heavy atom. The summed E-state index contributed by atoms with van der Waals surface area (Å²) in [5.74, 6) is -0.707. The predicted molar refractivity (Wildman–Crippen MR) is 56.6 cm³/mol. The van der Waals surface area contributed by atoms with Gasteiger partial charge in [0.1, 0.15) is 0 Å². The van der Waals surface area contributed by atoms with Gasteiger partial charge < -0.3 is 9.84 Å². The highest BCUT2D eigenvalue weighted by molar-refractivity contribution is 5.66. The Morgan fingerprint density at radius 1 is 1.00 bits per heavy atom. The first-order chi connectivity index (χ1) is 7.27. The minimum atomic E-state index is -0.707. The van der Waals surface area contributed by atoms with Crippen LogP contribution in [0.4, 0.5) is 0 Å². The van der Waals surface area contributed by atoms with Gasteiger partial charge in [-0.3, -0.25) is 9.59 Å². The summed E-state index contributed by atoms with van der Waals surface area (Å²) in [4.78, 5) is 20.0. The van der Waals surface area contributed by atoms with Crippen LogP contribution >= 0.6 is 0 Å². The van der Waals surface area contributed by atoms with Crippen molar-refractivity contribution in [2.24, 2.45) is 0 Å². The molecule has 0 aliphatic heterocycles. The summed E-state index contributed by atoms with van der Waals surface area (Å²) < 4.78 is 4.56. The molecule has 88 valence electrons. The molecular formula is C11H20O4. The van der Waals surface area contributed by atoms with Gasteiger partial charge in [0.2, 0.25) is 0 Å². The maximum Gasteiger partial charge on any atom is 0.303 e. The van der Waals surface area contributed by atoms with Crippen molar-refractivity contribution in [3.05, 3.63) is 0 Å². The largest absolute Gasteiger partial charge is 0.481 e. The fourth-order valence-electron chi connectivity index (χ4n) is 1.39. The van der Waals surface area contributed by atoms with Crippen molar-refractivity contribution in [1.82, 2.24) is 0 Å². The number of carboxylic acid groups (broad SMARTS) is 1. The second kappa shape index (κ2) is 11.0. The number of carbonyl (C=O) groups excluding carboxylic acids is 1. The van der Waals surface area contributed by atoms with Crippen LogP contribution in [0.2, 0.25) is 0 Å². The lowest BCUT2D eigenvalue weighted by Crippen LogP contribution is -1.94. The molecule has 0 radical (unpaired) electrons. The molecule has 0 spiro atoms. The molecular weight excluding hydrogens is 196 g/mol. The standard InChI is InChI=1S/C11H20O4/c12-10-15-9-7-5-3-1-2-4-6-8-11(13)14/h10H,1-9H2,(H,13,14). The molecule has 1 N–H and O–H groups in total. The van der Waals surface area contributed by atoms with E-state index in [-0.39, 0.29) is 6.42 Å². The van der Waals surface area contributed by atoms with Crippen molar-refractivity contribution in [1.29, 1.82) is 0 Å². The van der Waals surface area contributed by atoms with Crippen LogP contribution < -0.4 is 0 Å². The third-order valence-electron chi connectivity index (χ3n) is 2.22. The monoisotopic (exact) mass is 216 g/mol. The number of carboxylic acids is 1. The van der Waals surface area contributed by atoms with Gasteiger partial charge in [0.15, 0.2) is 0 Å². The Kier molecular flexibility index (Phi) is 10.2. The zero-order valence-corrected chi connectivity index (χ0v) is 9.11. The van der Waals surface area contributed by atoms with Crippen molar-refractivity contribution in [2.75, 3.05) is 6.61 Å². The molecule has 0 saturated carbocycles. The van der Waals surface area contributed by atoms with E-state index in [0.29, 0.717) is 13.1 Å². The molecule has 0 unspecified atom stereocenters. The smallest absolute Gasteiger partial charge is 0.303 e. The van der Waals surface area contributed by atoms with Crippen LogP contribution in [-0.4, -0.2) is 24.2 Å². The molecule has 4 nitrogen and oxygen atoms in total. The van der Waals surface area contributed by atoms with Crippen LogP contribution in [0.1, 0.15) is 51.4 Å². The number of hydrogen-bond acceptors (Lipinski definition) is 3. The molecule has 0 heterocycles. The van der Waals surface area contributed by atoms with Gasteiger partial charge >= 0.3 is 5.97 Å². The van der Waals surface area contributed by atoms with Crippen LogP contribution in [0.5, 0.6) is 0 Å². The topological polar surface area (TPSA) is 63.6 Å². The summed E-state index contributed by atoms with van der Waals surface area (Å²) in [6.45, 7) is 0.994. The van der Waals surface area contributed by atoms with E-state index in [1.54, 1.807) is 0 Å². The van der Waals surface area contributed by atoms with Gasteiger partial charge in [-0.15, -0.1) is 0 Å². The second-order valence-electron chi connectivity index (χ2n) is 3.59. The first-order valence-electron chi connectivity index (χ1n) is 5.54. The van der Waals surface area contributed by atoms with E-state index in [9.17, 15) is 9.59 Å². The number of carbonyl (C=O) groups is 2. The van der Waals surface area contributed by atoms with Gasteiger partial charge in [-0.2, -0.15) is 0 Å². The maximum absolute atomic E-state index is 10.2. The van der Waals surface area contributed by atoms with Gasteiger partial charge in [-0.25, -0.2) is 0 Å². The van der Waals surface area contributed by atoms with Gasteiger partial charge in [0, 0.05) is 6.42 Å². The summed E-state index contributed by atoms with van der Waals surface area (Å²) in [6, 6.07) is 0. The summed E-state index contributed by atoms with van der Waals surface area (Å²) in [7, 11) is 0.